The molecule has 0 aromatic rings. The van der Waals surface area contributed by atoms with Crippen molar-refractivity contribution in [3.8, 4) is 0 Å². The van der Waals surface area contributed by atoms with E-state index in [1.807, 2.05) is 0 Å². The highest BCUT2D eigenvalue weighted by molar-refractivity contribution is 4.96. The molecule has 0 bridgehead atoms. The minimum Gasteiger partial charge on any atom is -0.0625 e. The van der Waals surface area contributed by atoms with E-state index in [1.54, 1.807) is 0 Å². The number of hydrogen-bond acceptors (Lipinski definition) is 0. The summed E-state index contributed by atoms with van der Waals surface area (Å²) in [5.74, 6) is 3.08. The summed E-state index contributed by atoms with van der Waals surface area (Å²) in [6.45, 7) is 7.32. The van der Waals surface area contributed by atoms with Crippen LogP contribution >= 0.6 is 0 Å². The Labute approximate surface area is 76.7 Å². The number of hydrogen-bond donors (Lipinski definition) is 0. The Morgan fingerprint density at radius 3 is 2.25 bits per heavy atom. The first kappa shape index (κ1) is 8.59. The maximum absolute atomic E-state index is 2.53. The fraction of sp³-hybridized carbons (Fsp3) is 1.00. The van der Waals surface area contributed by atoms with Gasteiger partial charge in [0.15, 0.2) is 0 Å². The smallest absolute Gasteiger partial charge is 0.0292 e. The fourth-order valence-corrected chi connectivity index (χ4v) is 3.18. The van der Waals surface area contributed by atoms with E-state index in [9.17, 15) is 0 Å². The van der Waals surface area contributed by atoms with E-state index in [0.29, 0.717) is 0 Å². The van der Waals surface area contributed by atoms with Gasteiger partial charge >= 0.3 is 0 Å². The van der Waals surface area contributed by atoms with Crippen molar-refractivity contribution in [2.75, 3.05) is 0 Å². The quantitative estimate of drug-likeness (QED) is 0.597. The second-order valence-electron chi connectivity index (χ2n) is 5.69. The molecular weight excluding hydrogens is 144 g/mol. The van der Waals surface area contributed by atoms with Gasteiger partial charge in [0.25, 0.3) is 0 Å². The van der Waals surface area contributed by atoms with Crippen LogP contribution in [0, 0.1) is 23.2 Å². The Balaban J connectivity index is 1.90. The molecule has 2 saturated carbocycles. The molecule has 0 aromatic carbocycles. The van der Waals surface area contributed by atoms with Crippen LogP contribution < -0.4 is 0 Å². The maximum Gasteiger partial charge on any atom is -0.0292 e. The van der Waals surface area contributed by atoms with Gasteiger partial charge in [-0.25, -0.2) is 0 Å². The lowest BCUT2D eigenvalue weighted by atomic mass is 9.55. The van der Waals surface area contributed by atoms with E-state index in [2.05, 4.69) is 20.8 Å². The topological polar surface area (TPSA) is 0 Å². The monoisotopic (exact) mass is 166 g/mol. The van der Waals surface area contributed by atoms with Crippen LogP contribution in [0.4, 0.5) is 0 Å². The molecule has 0 amide bonds. The van der Waals surface area contributed by atoms with E-state index in [-0.39, 0.29) is 0 Å². The molecule has 0 aromatic heterocycles. The van der Waals surface area contributed by atoms with Crippen LogP contribution in [0.2, 0.25) is 0 Å². The summed E-state index contributed by atoms with van der Waals surface area (Å²) in [4.78, 5) is 0. The molecule has 70 valence electrons. The summed E-state index contributed by atoms with van der Waals surface area (Å²) in [5.41, 5.74) is 0.745. The molecular formula is C12H22. The molecule has 12 heavy (non-hydrogen) atoms. The van der Waals surface area contributed by atoms with Crippen molar-refractivity contribution >= 4 is 0 Å². The predicted octanol–water partition coefficient (Wildman–Crippen LogP) is 3.86. The van der Waals surface area contributed by atoms with Crippen molar-refractivity contribution in [1.82, 2.24) is 0 Å². The largest absolute Gasteiger partial charge is 0.0625 e. The highest BCUT2D eigenvalue weighted by atomic mass is 14.5. The van der Waals surface area contributed by atoms with Gasteiger partial charge in [-0.1, -0.05) is 33.6 Å². The molecule has 0 N–H and O–H groups in total. The van der Waals surface area contributed by atoms with Gasteiger partial charge in [-0.05, 0) is 42.4 Å². The highest BCUT2D eigenvalue weighted by Gasteiger charge is 2.46. The Kier molecular flexibility index (Phi) is 1.97. The van der Waals surface area contributed by atoms with Crippen LogP contribution in [0.25, 0.3) is 0 Å². The summed E-state index contributed by atoms with van der Waals surface area (Å²) in [6.07, 6.45) is 7.60. The normalized spacial score (nSPS) is 41.5. The molecule has 2 atom stereocenters. The second kappa shape index (κ2) is 2.75. The fourth-order valence-electron chi connectivity index (χ4n) is 3.18. The lowest BCUT2D eigenvalue weighted by molar-refractivity contribution is 0.000735. The lowest BCUT2D eigenvalue weighted by Gasteiger charge is -2.50. The second-order valence-corrected chi connectivity index (χ2v) is 5.69. The Hall–Kier alpha value is 0. The Morgan fingerprint density at radius 2 is 1.92 bits per heavy atom. The zero-order valence-electron chi connectivity index (χ0n) is 8.77. The van der Waals surface area contributed by atoms with Crippen LogP contribution in [-0.2, 0) is 0 Å². The summed E-state index contributed by atoms with van der Waals surface area (Å²) >= 11 is 0. The molecule has 0 radical (unpaired) electrons. The first-order valence-electron chi connectivity index (χ1n) is 5.62. The lowest BCUT2D eigenvalue weighted by Crippen LogP contribution is -2.40. The van der Waals surface area contributed by atoms with Gasteiger partial charge in [-0.3, -0.25) is 0 Å². The van der Waals surface area contributed by atoms with Crippen molar-refractivity contribution in [1.29, 1.82) is 0 Å². The predicted molar refractivity (Wildman–Crippen MR) is 53.0 cm³/mol. The maximum atomic E-state index is 2.53. The van der Waals surface area contributed by atoms with Crippen LogP contribution in [0.15, 0.2) is 0 Å². The Morgan fingerprint density at radius 1 is 1.25 bits per heavy atom. The standard InChI is InChI=1S/C12H22/c1-9(2)11-6-7-12(11,3)8-10-4-5-10/h9-11H,4-8H2,1-3H3. The number of rotatable bonds is 3. The minimum absolute atomic E-state index is 0.745. The highest BCUT2D eigenvalue weighted by Crippen LogP contribution is 2.56. The van der Waals surface area contributed by atoms with Gasteiger partial charge in [-0.2, -0.15) is 0 Å². The molecule has 2 unspecified atom stereocenters. The van der Waals surface area contributed by atoms with Gasteiger partial charge in [-0.15, -0.1) is 0 Å². The van der Waals surface area contributed by atoms with Crippen molar-refractivity contribution < 1.29 is 0 Å². The summed E-state index contributed by atoms with van der Waals surface area (Å²) in [7, 11) is 0. The minimum atomic E-state index is 0.745. The zero-order chi connectivity index (χ0) is 8.77. The third-order valence-corrected chi connectivity index (χ3v) is 4.18. The third-order valence-electron chi connectivity index (χ3n) is 4.18. The van der Waals surface area contributed by atoms with E-state index < -0.39 is 0 Å². The van der Waals surface area contributed by atoms with Gasteiger partial charge in [0, 0.05) is 0 Å². The average Bonchev–Trinajstić information content (AvgIpc) is 2.68. The Bertz CT molecular complexity index is 167. The molecule has 0 saturated heterocycles. The summed E-state index contributed by atoms with van der Waals surface area (Å²) in [6, 6.07) is 0. The van der Waals surface area contributed by atoms with Gasteiger partial charge in [0.1, 0.15) is 0 Å². The first-order valence-corrected chi connectivity index (χ1v) is 5.62. The van der Waals surface area contributed by atoms with E-state index >= 15 is 0 Å². The molecule has 0 aliphatic heterocycles. The van der Waals surface area contributed by atoms with Crippen LogP contribution in [-0.4, -0.2) is 0 Å². The molecule has 2 aliphatic carbocycles. The van der Waals surface area contributed by atoms with E-state index in [4.69, 9.17) is 0 Å². The molecule has 2 rings (SSSR count). The van der Waals surface area contributed by atoms with Crippen molar-refractivity contribution in [3.05, 3.63) is 0 Å². The van der Waals surface area contributed by atoms with Crippen molar-refractivity contribution in [2.45, 2.75) is 52.9 Å². The third kappa shape index (κ3) is 1.41. The van der Waals surface area contributed by atoms with Crippen LogP contribution in [0.1, 0.15) is 52.9 Å². The molecule has 0 spiro atoms. The average molecular weight is 166 g/mol. The summed E-state index contributed by atoms with van der Waals surface area (Å²) in [5, 5.41) is 0. The van der Waals surface area contributed by atoms with E-state index in [1.165, 1.54) is 32.1 Å². The zero-order valence-corrected chi connectivity index (χ0v) is 8.77. The van der Waals surface area contributed by atoms with Gasteiger partial charge < -0.3 is 0 Å². The molecule has 0 heterocycles. The molecule has 0 nitrogen and oxygen atoms in total. The van der Waals surface area contributed by atoms with Crippen LogP contribution in [0.3, 0.4) is 0 Å². The molecule has 2 aliphatic rings. The van der Waals surface area contributed by atoms with Crippen molar-refractivity contribution in [3.63, 3.8) is 0 Å². The molecule has 2 fully saturated rings. The summed E-state index contributed by atoms with van der Waals surface area (Å²) < 4.78 is 0. The van der Waals surface area contributed by atoms with E-state index in [0.717, 1.165) is 23.2 Å². The molecule has 0 heteroatoms. The SMILES string of the molecule is CC(C)C1CCC1(C)CC1CC1. The van der Waals surface area contributed by atoms with Crippen LogP contribution in [0.5, 0.6) is 0 Å². The van der Waals surface area contributed by atoms with Gasteiger partial charge in [0.05, 0.1) is 0 Å². The van der Waals surface area contributed by atoms with Crippen molar-refractivity contribution in [2.24, 2.45) is 23.2 Å². The van der Waals surface area contributed by atoms with Gasteiger partial charge in [0.2, 0.25) is 0 Å². The first-order chi connectivity index (χ1) is 5.62.